The first-order valence-electron chi connectivity index (χ1n) is 9.95. The van der Waals surface area contributed by atoms with Crippen molar-refractivity contribution in [3.05, 3.63) is 77.6 Å². The molecule has 0 amide bonds. The fraction of sp³-hybridized carbons (Fsp3) is 0.304. The molecule has 30 heavy (non-hydrogen) atoms. The van der Waals surface area contributed by atoms with E-state index in [1.807, 2.05) is 53.3 Å². The van der Waals surface area contributed by atoms with Gasteiger partial charge in [0.25, 0.3) is 0 Å². The molecule has 0 aliphatic carbocycles. The molecule has 0 aliphatic rings. The first-order valence-corrected chi connectivity index (χ1v) is 9.95. The molecule has 0 saturated heterocycles. The number of guanidine groups is 1. The molecule has 0 spiro atoms. The summed E-state index contributed by atoms with van der Waals surface area (Å²) in [4.78, 5) is 4.30. The lowest BCUT2D eigenvalue weighted by Crippen LogP contribution is -2.36. The highest BCUT2D eigenvalue weighted by molar-refractivity contribution is 5.79. The maximum atomic E-state index is 5.86. The minimum absolute atomic E-state index is 0.518. The summed E-state index contributed by atoms with van der Waals surface area (Å²) >= 11 is 0. The second kappa shape index (κ2) is 11.0. The van der Waals surface area contributed by atoms with Crippen LogP contribution in [0.5, 0.6) is 5.75 Å². The van der Waals surface area contributed by atoms with Crippen molar-refractivity contribution in [3.8, 4) is 11.4 Å². The van der Waals surface area contributed by atoms with E-state index < -0.39 is 0 Å². The highest BCUT2D eigenvalue weighted by atomic mass is 16.5. The van der Waals surface area contributed by atoms with Crippen molar-refractivity contribution in [1.29, 1.82) is 0 Å². The van der Waals surface area contributed by atoms with E-state index in [0.717, 1.165) is 28.3 Å². The first kappa shape index (κ1) is 21.4. The number of rotatable bonds is 9. The van der Waals surface area contributed by atoms with Crippen LogP contribution in [-0.2, 0) is 17.8 Å². The third-order valence-corrected chi connectivity index (χ3v) is 4.54. The predicted octanol–water partition coefficient (Wildman–Crippen LogP) is 3.07. The maximum absolute atomic E-state index is 5.86. The van der Waals surface area contributed by atoms with Crippen LogP contribution < -0.4 is 15.4 Å². The number of hydrogen-bond donors (Lipinski definition) is 2. The third-order valence-electron chi connectivity index (χ3n) is 4.54. The Kier molecular flexibility index (Phi) is 7.86. The molecule has 1 aromatic heterocycles. The minimum Gasteiger partial charge on any atom is -0.491 e. The van der Waals surface area contributed by atoms with Gasteiger partial charge >= 0.3 is 0 Å². The first-order chi connectivity index (χ1) is 14.7. The summed E-state index contributed by atoms with van der Waals surface area (Å²) < 4.78 is 12.8. The molecule has 0 aliphatic heterocycles. The molecule has 0 unspecified atom stereocenters. The van der Waals surface area contributed by atoms with Gasteiger partial charge in [-0.2, -0.15) is 5.10 Å². The molecule has 0 radical (unpaired) electrons. The van der Waals surface area contributed by atoms with Gasteiger partial charge in [-0.3, -0.25) is 4.99 Å². The molecule has 0 bridgehead atoms. The van der Waals surface area contributed by atoms with E-state index in [9.17, 15) is 0 Å². The van der Waals surface area contributed by atoms with Crippen molar-refractivity contribution < 1.29 is 9.47 Å². The van der Waals surface area contributed by atoms with Crippen LogP contribution in [0.1, 0.15) is 16.8 Å². The molecule has 3 rings (SSSR count). The van der Waals surface area contributed by atoms with Crippen LogP contribution >= 0.6 is 0 Å². The topological polar surface area (TPSA) is 72.7 Å². The molecule has 7 heteroatoms. The van der Waals surface area contributed by atoms with Crippen LogP contribution in [0.15, 0.2) is 65.8 Å². The fourth-order valence-corrected chi connectivity index (χ4v) is 2.93. The summed E-state index contributed by atoms with van der Waals surface area (Å²) in [6, 6.07) is 18.2. The largest absolute Gasteiger partial charge is 0.491 e. The molecule has 2 N–H and O–H groups in total. The molecule has 7 nitrogen and oxygen atoms in total. The Labute approximate surface area is 177 Å². The number of methoxy groups -OCH3 is 1. The minimum atomic E-state index is 0.518. The summed E-state index contributed by atoms with van der Waals surface area (Å²) in [5.74, 6) is 1.56. The summed E-state index contributed by atoms with van der Waals surface area (Å²) in [5, 5.41) is 11.3. The number of benzene rings is 2. The second-order valence-electron chi connectivity index (χ2n) is 6.82. The van der Waals surface area contributed by atoms with E-state index in [4.69, 9.17) is 9.47 Å². The van der Waals surface area contributed by atoms with Crippen LogP contribution in [0.25, 0.3) is 5.69 Å². The van der Waals surface area contributed by atoms with Crippen LogP contribution in [0, 0.1) is 6.92 Å². The van der Waals surface area contributed by atoms with Gasteiger partial charge in [-0.25, -0.2) is 4.68 Å². The Morgan fingerprint density at radius 1 is 1.03 bits per heavy atom. The van der Waals surface area contributed by atoms with Crippen molar-refractivity contribution in [3.63, 3.8) is 0 Å². The van der Waals surface area contributed by atoms with Crippen molar-refractivity contribution in [2.75, 3.05) is 27.4 Å². The average Bonchev–Trinajstić information content (AvgIpc) is 3.25. The van der Waals surface area contributed by atoms with Gasteiger partial charge in [-0.05, 0) is 36.8 Å². The van der Waals surface area contributed by atoms with Gasteiger partial charge in [0.05, 0.1) is 24.5 Å². The number of aliphatic imine (C=N–C) groups is 1. The van der Waals surface area contributed by atoms with E-state index in [1.165, 1.54) is 0 Å². The zero-order chi connectivity index (χ0) is 21.2. The molecule has 158 valence electrons. The van der Waals surface area contributed by atoms with Crippen LogP contribution in [0.4, 0.5) is 0 Å². The molecular weight excluding hydrogens is 378 g/mol. The third kappa shape index (κ3) is 6.09. The number of hydrogen-bond acceptors (Lipinski definition) is 4. The van der Waals surface area contributed by atoms with Gasteiger partial charge < -0.3 is 20.1 Å². The number of aryl methyl sites for hydroxylation is 1. The molecule has 0 saturated carbocycles. The number of nitrogens with zero attached hydrogens (tertiary/aromatic N) is 3. The summed E-state index contributed by atoms with van der Waals surface area (Å²) in [6.45, 7) is 4.30. The van der Waals surface area contributed by atoms with E-state index in [1.54, 1.807) is 14.2 Å². The SMILES string of the molecule is CN=C(NCc1ccn(-c2ccccc2)n1)NCc1ccc(C)cc1OCCOC. The quantitative estimate of drug-likeness (QED) is 0.324. The Morgan fingerprint density at radius 3 is 2.60 bits per heavy atom. The lowest BCUT2D eigenvalue weighted by Gasteiger charge is -2.15. The standard InChI is InChI=1S/C23H29N5O2/c1-18-9-10-19(22(15-18)30-14-13-29-3)16-25-23(24-2)26-17-20-11-12-28(27-20)21-7-5-4-6-8-21/h4-12,15H,13-14,16-17H2,1-3H3,(H2,24,25,26). The van der Waals surface area contributed by atoms with E-state index in [2.05, 4.69) is 39.8 Å². The zero-order valence-electron chi connectivity index (χ0n) is 17.8. The summed E-state index contributed by atoms with van der Waals surface area (Å²) in [6.07, 6.45) is 1.96. The van der Waals surface area contributed by atoms with Gasteiger partial charge in [0, 0.05) is 32.5 Å². The number of nitrogens with one attached hydrogen (secondary N) is 2. The van der Waals surface area contributed by atoms with E-state index in [-0.39, 0.29) is 0 Å². The molecule has 3 aromatic rings. The lowest BCUT2D eigenvalue weighted by atomic mass is 10.1. The number of ether oxygens (including phenoxy) is 2. The van der Waals surface area contributed by atoms with Gasteiger partial charge in [-0.15, -0.1) is 0 Å². The second-order valence-corrected chi connectivity index (χ2v) is 6.82. The molecule has 1 heterocycles. The Bertz CT molecular complexity index is 953. The monoisotopic (exact) mass is 407 g/mol. The van der Waals surface area contributed by atoms with Gasteiger partial charge in [0.1, 0.15) is 12.4 Å². The molecule has 2 aromatic carbocycles. The Balaban J connectivity index is 1.55. The summed E-state index contributed by atoms with van der Waals surface area (Å²) in [5.41, 5.74) is 4.18. The zero-order valence-corrected chi connectivity index (χ0v) is 17.8. The highest BCUT2D eigenvalue weighted by Gasteiger charge is 2.07. The molecule has 0 fully saturated rings. The normalized spacial score (nSPS) is 11.4. The molecule has 0 atom stereocenters. The van der Waals surface area contributed by atoms with Crippen molar-refractivity contribution in [2.45, 2.75) is 20.0 Å². The van der Waals surface area contributed by atoms with Crippen molar-refractivity contribution in [2.24, 2.45) is 4.99 Å². The van der Waals surface area contributed by atoms with E-state index in [0.29, 0.717) is 32.3 Å². The Morgan fingerprint density at radius 2 is 1.83 bits per heavy atom. The van der Waals surface area contributed by atoms with Gasteiger partial charge in [-0.1, -0.05) is 30.3 Å². The number of para-hydroxylation sites is 1. The van der Waals surface area contributed by atoms with Crippen molar-refractivity contribution in [1.82, 2.24) is 20.4 Å². The molecular formula is C23H29N5O2. The van der Waals surface area contributed by atoms with Crippen LogP contribution in [0.2, 0.25) is 0 Å². The number of aromatic nitrogens is 2. The van der Waals surface area contributed by atoms with Crippen molar-refractivity contribution >= 4 is 5.96 Å². The Hall–Kier alpha value is -3.32. The average molecular weight is 408 g/mol. The lowest BCUT2D eigenvalue weighted by molar-refractivity contribution is 0.145. The van der Waals surface area contributed by atoms with E-state index >= 15 is 0 Å². The fourth-order valence-electron chi connectivity index (χ4n) is 2.93. The van der Waals surface area contributed by atoms with Crippen LogP contribution in [-0.4, -0.2) is 43.1 Å². The summed E-state index contributed by atoms with van der Waals surface area (Å²) in [7, 11) is 3.42. The van der Waals surface area contributed by atoms with Crippen LogP contribution in [0.3, 0.4) is 0 Å². The predicted molar refractivity (Wildman–Crippen MR) is 119 cm³/mol. The maximum Gasteiger partial charge on any atom is 0.191 e. The van der Waals surface area contributed by atoms with Gasteiger partial charge in [0.2, 0.25) is 0 Å². The smallest absolute Gasteiger partial charge is 0.191 e. The van der Waals surface area contributed by atoms with Gasteiger partial charge in [0.15, 0.2) is 5.96 Å². The highest BCUT2D eigenvalue weighted by Crippen LogP contribution is 2.20.